The fraction of sp³-hybridized carbons (Fsp3) is 0.423. The Morgan fingerprint density at radius 1 is 0.868 bits per heavy atom. The van der Waals surface area contributed by atoms with Gasteiger partial charge in [-0.15, -0.1) is 0 Å². The number of hydrogen-bond donors (Lipinski definition) is 1. The molecular weight excluding hydrogens is 914 g/mol. The first kappa shape index (κ1) is 52.5. The van der Waals surface area contributed by atoms with Crippen LogP contribution in [0.5, 0.6) is 11.5 Å². The highest BCUT2D eigenvalue weighted by atomic mass is 32.7. The highest BCUT2D eigenvalue weighted by Crippen LogP contribution is 2.62. The fourth-order valence-electron chi connectivity index (χ4n) is 7.97. The minimum Gasteiger partial charge on any atom is -0.497 e. The summed E-state index contributed by atoms with van der Waals surface area (Å²) in [5.74, 6) is 1.12. The summed E-state index contributed by atoms with van der Waals surface area (Å²) in [7, 11) is -0.799. The molecule has 0 saturated carbocycles. The largest absolute Gasteiger partial charge is 0.497 e. The molecule has 1 aromatic heterocycles. The summed E-state index contributed by atoms with van der Waals surface area (Å²) >= 11 is 1.58. The van der Waals surface area contributed by atoms with Gasteiger partial charge in [0.25, 0.3) is 5.91 Å². The van der Waals surface area contributed by atoms with Crippen LogP contribution in [0.3, 0.4) is 0 Å². The third kappa shape index (κ3) is 12.1. The number of methoxy groups -OCH3 is 2. The molecule has 5 aromatic rings. The van der Waals surface area contributed by atoms with Crippen molar-refractivity contribution in [2.24, 2.45) is 0 Å². The Balaban J connectivity index is 1.52. The Morgan fingerprint density at radius 3 is 1.91 bits per heavy atom. The summed E-state index contributed by atoms with van der Waals surface area (Å²) < 4.78 is 44.0. The lowest BCUT2D eigenvalue weighted by molar-refractivity contribution is -0.0927. The number of hydrogen-bond acceptors (Lipinski definition) is 12. The van der Waals surface area contributed by atoms with Gasteiger partial charge in [0.15, 0.2) is 22.0 Å². The smallest absolute Gasteiger partial charge is 0.351 e. The van der Waals surface area contributed by atoms with Crippen molar-refractivity contribution in [3.05, 3.63) is 154 Å². The fourth-order valence-corrected chi connectivity index (χ4v) is 14.7. The number of benzene rings is 4. The molecule has 0 spiro atoms. The van der Waals surface area contributed by atoms with E-state index in [0.717, 1.165) is 16.7 Å². The SMILES string of the molecule is COc1ccc(C(OC[C@H]2O[C@@H](n3ccc(NC(=O)c4ccccc4)nc3=O)[C@H](SP(OCCC#N)N(C(C)C)C(C)C)[C@@H]2O[Si](C)(C)C(C)(C)C)(c2ccccc2)c2ccc(OC)cc2)cc1. The maximum atomic E-state index is 14.4. The summed E-state index contributed by atoms with van der Waals surface area (Å²) in [5.41, 5.74) is 1.22. The van der Waals surface area contributed by atoms with Crippen LogP contribution in [-0.2, 0) is 24.0 Å². The lowest BCUT2D eigenvalue weighted by atomic mass is 9.80. The van der Waals surface area contributed by atoms with Gasteiger partial charge in [0.2, 0.25) is 0 Å². The predicted octanol–water partition coefficient (Wildman–Crippen LogP) is 11.2. The molecule has 1 fully saturated rings. The van der Waals surface area contributed by atoms with E-state index < -0.39 is 50.8 Å². The zero-order valence-electron chi connectivity index (χ0n) is 41.0. The molecule has 0 radical (unpaired) electrons. The number of amides is 1. The molecule has 1 aliphatic rings. The van der Waals surface area contributed by atoms with Crippen molar-refractivity contribution in [2.45, 2.75) is 114 Å². The Labute approximate surface area is 408 Å². The molecule has 0 aliphatic carbocycles. The first-order chi connectivity index (χ1) is 32.4. The minimum atomic E-state index is -2.62. The van der Waals surface area contributed by atoms with Gasteiger partial charge in [-0.25, -0.2) is 9.46 Å². The van der Waals surface area contributed by atoms with Gasteiger partial charge in [0, 0.05) is 23.8 Å². The van der Waals surface area contributed by atoms with Gasteiger partial charge in [0.1, 0.15) is 29.0 Å². The average Bonchev–Trinajstić information content (AvgIpc) is 3.64. The number of ether oxygens (including phenoxy) is 4. The molecular formula is C52H66N5O8PSSi. The van der Waals surface area contributed by atoms with Crippen molar-refractivity contribution >= 4 is 38.9 Å². The highest BCUT2D eigenvalue weighted by Gasteiger charge is 2.54. The van der Waals surface area contributed by atoms with Crippen LogP contribution in [0, 0.1) is 11.3 Å². The second-order valence-electron chi connectivity index (χ2n) is 18.7. The predicted molar refractivity (Wildman–Crippen MR) is 274 cm³/mol. The zero-order chi connectivity index (χ0) is 49.2. The number of nitrogens with zero attached hydrogens (tertiary/aromatic N) is 4. The number of aromatic nitrogens is 2. The van der Waals surface area contributed by atoms with E-state index in [0.29, 0.717) is 17.1 Å². The number of rotatable bonds is 21. The van der Waals surface area contributed by atoms with E-state index >= 15 is 0 Å². The third-order valence-electron chi connectivity index (χ3n) is 12.4. The molecule has 1 N–H and O–H groups in total. The lowest BCUT2D eigenvalue weighted by Crippen LogP contribution is -2.50. The second kappa shape index (κ2) is 23.1. The van der Waals surface area contributed by atoms with Crippen molar-refractivity contribution < 1.29 is 32.7 Å². The van der Waals surface area contributed by atoms with Crippen LogP contribution in [0.4, 0.5) is 5.82 Å². The summed E-state index contributed by atoms with van der Waals surface area (Å²) in [4.78, 5) is 32.0. The van der Waals surface area contributed by atoms with E-state index in [-0.39, 0.29) is 48.5 Å². The molecule has 16 heteroatoms. The molecule has 13 nitrogen and oxygen atoms in total. The van der Waals surface area contributed by atoms with E-state index in [1.807, 2.05) is 72.8 Å². The topological polar surface area (TPSA) is 146 Å². The van der Waals surface area contributed by atoms with Gasteiger partial charge in [-0.1, -0.05) is 105 Å². The molecule has 6 rings (SSSR count). The molecule has 2 heterocycles. The monoisotopic (exact) mass is 979 g/mol. The van der Waals surface area contributed by atoms with Crippen LogP contribution in [-0.4, -0.2) is 85.4 Å². The Morgan fingerprint density at radius 2 is 1.41 bits per heavy atom. The van der Waals surface area contributed by atoms with Gasteiger partial charge in [-0.3, -0.25) is 9.36 Å². The van der Waals surface area contributed by atoms with E-state index in [2.05, 4.69) is 94.7 Å². The molecule has 1 unspecified atom stereocenters. The standard InChI is InChI=1S/C52H66N5O8PSSi/c1-36(2)57(37(3)4)66(63-34-18-32-53)67-47-46(65-68(10,11)51(5,6)7)44(64-49(47)56-33-31-45(55-50(56)59)54-48(58)38-19-14-12-15-20-38)35-62-52(39-21-16-13-17-22-39,40-23-27-42(60-8)28-24-40)41-25-29-43(61-9)30-26-41/h12-17,19-31,33,36-37,44,46-47,49H,18,34-35H2,1-11H3,(H,54,55,58,59)/t44-,46-,47-,49-,66?/m1/s1. The molecule has 1 amide bonds. The number of nitriles is 1. The molecule has 5 atom stereocenters. The molecule has 1 saturated heterocycles. The first-order valence-electron chi connectivity index (χ1n) is 23.0. The van der Waals surface area contributed by atoms with E-state index in [1.165, 1.54) is 4.57 Å². The van der Waals surface area contributed by atoms with Crippen LogP contribution >= 0.6 is 18.9 Å². The summed E-state index contributed by atoms with van der Waals surface area (Å²) in [6, 6.07) is 38.6. The highest BCUT2D eigenvalue weighted by molar-refractivity contribution is 8.53. The van der Waals surface area contributed by atoms with Gasteiger partial charge in [0.05, 0.1) is 51.3 Å². The molecule has 0 bridgehead atoms. The van der Waals surface area contributed by atoms with Crippen molar-refractivity contribution in [3.63, 3.8) is 0 Å². The van der Waals surface area contributed by atoms with Crippen LogP contribution in [0.25, 0.3) is 0 Å². The van der Waals surface area contributed by atoms with Gasteiger partial charge in [-0.05, 0) is 105 Å². The quantitative estimate of drug-likeness (QED) is 0.0323. The van der Waals surface area contributed by atoms with Crippen LogP contribution in [0.1, 0.15) is 88.2 Å². The normalized spacial score (nSPS) is 18.1. The molecule has 362 valence electrons. The van der Waals surface area contributed by atoms with Crippen LogP contribution < -0.4 is 20.5 Å². The minimum absolute atomic E-state index is 0.0263. The summed E-state index contributed by atoms with van der Waals surface area (Å²) in [5, 5.41) is 11.6. The van der Waals surface area contributed by atoms with Crippen LogP contribution in [0.15, 0.2) is 126 Å². The van der Waals surface area contributed by atoms with Crippen molar-refractivity contribution in [2.75, 3.05) is 32.8 Å². The lowest BCUT2D eigenvalue weighted by Gasteiger charge is -2.43. The maximum absolute atomic E-state index is 14.4. The van der Waals surface area contributed by atoms with Crippen molar-refractivity contribution in [1.29, 1.82) is 5.26 Å². The third-order valence-corrected chi connectivity index (χ3v) is 21.7. The number of carbonyl (C=O) groups is 1. The Bertz CT molecular complexity index is 2450. The van der Waals surface area contributed by atoms with Gasteiger partial charge < -0.3 is 33.2 Å². The van der Waals surface area contributed by atoms with Crippen LogP contribution in [0.2, 0.25) is 18.1 Å². The van der Waals surface area contributed by atoms with E-state index in [4.69, 9.17) is 27.9 Å². The van der Waals surface area contributed by atoms with Crippen molar-refractivity contribution in [3.8, 4) is 17.6 Å². The zero-order valence-corrected chi connectivity index (χ0v) is 43.8. The van der Waals surface area contributed by atoms with Crippen molar-refractivity contribution in [1.82, 2.24) is 14.2 Å². The summed E-state index contributed by atoms with van der Waals surface area (Å²) in [6.07, 6.45) is -0.474. The van der Waals surface area contributed by atoms with E-state index in [1.54, 1.807) is 62.1 Å². The number of nitrogens with one attached hydrogen (secondary N) is 1. The Hall–Kier alpha value is -4.88. The Kier molecular flexibility index (Phi) is 17.9. The van der Waals surface area contributed by atoms with E-state index in [9.17, 15) is 14.9 Å². The maximum Gasteiger partial charge on any atom is 0.351 e. The second-order valence-corrected chi connectivity index (χ2v) is 26.9. The molecule has 4 aromatic carbocycles. The first-order valence-corrected chi connectivity index (χ1v) is 28.6. The number of anilines is 1. The van der Waals surface area contributed by atoms with Gasteiger partial charge in [-0.2, -0.15) is 10.2 Å². The molecule has 1 aliphatic heterocycles. The van der Waals surface area contributed by atoms with Gasteiger partial charge >= 0.3 is 5.69 Å². The molecule has 68 heavy (non-hydrogen) atoms. The average molecular weight is 980 g/mol. The summed E-state index contributed by atoms with van der Waals surface area (Å²) in [6.45, 7) is 19.8. The number of carbonyl (C=O) groups excluding carboxylic acids is 1.